The SMILES string of the molecule is CCCC(CN)(CCC)C(=O)NC1CCC(OC)C1. The number of amides is 1. The lowest BCUT2D eigenvalue weighted by molar-refractivity contribution is -0.132. The van der Waals surface area contributed by atoms with Gasteiger partial charge in [0, 0.05) is 19.7 Å². The Balaban J connectivity index is 2.61. The van der Waals surface area contributed by atoms with Gasteiger partial charge in [0.15, 0.2) is 0 Å². The van der Waals surface area contributed by atoms with Gasteiger partial charge in [-0.1, -0.05) is 26.7 Å². The first-order valence-corrected chi connectivity index (χ1v) is 7.65. The Morgan fingerprint density at radius 2 is 1.95 bits per heavy atom. The van der Waals surface area contributed by atoms with Crippen LogP contribution in [-0.2, 0) is 9.53 Å². The summed E-state index contributed by atoms with van der Waals surface area (Å²) in [5, 5.41) is 3.21. The first kappa shape index (κ1) is 16.4. The van der Waals surface area contributed by atoms with Crippen molar-refractivity contribution in [2.45, 2.75) is 70.9 Å². The molecule has 1 aliphatic carbocycles. The minimum absolute atomic E-state index is 0.153. The maximum absolute atomic E-state index is 12.6. The summed E-state index contributed by atoms with van der Waals surface area (Å²) in [5.74, 6) is 0.153. The van der Waals surface area contributed by atoms with Gasteiger partial charge in [-0.25, -0.2) is 0 Å². The van der Waals surface area contributed by atoms with Crippen molar-refractivity contribution < 1.29 is 9.53 Å². The van der Waals surface area contributed by atoms with Gasteiger partial charge >= 0.3 is 0 Å². The van der Waals surface area contributed by atoms with Crippen molar-refractivity contribution in [3.63, 3.8) is 0 Å². The molecule has 2 unspecified atom stereocenters. The van der Waals surface area contributed by atoms with E-state index in [4.69, 9.17) is 10.5 Å². The summed E-state index contributed by atoms with van der Waals surface area (Å²) in [6.07, 6.45) is 7.04. The summed E-state index contributed by atoms with van der Waals surface area (Å²) < 4.78 is 5.35. The van der Waals surface area contributed by atoms with Crippen molar-refractivity contribution in [1.29, 1.82) is 0 Å². The Hall–Kier alpha value is -0.610. The van der Waals surface area contributed by atoms with Crippen LogP contribution < -0.4 is 11.1 Å². The van der Waals surface area contributed by atoms with E-state index in [0.29, 0.717) is 12.6 Å². The smallest absolute Gasteiger partial charge is 0.227 e. The molecule has 4 heteroatoms. The Labute approximate surface area is 117 Å². The van der Waals surface area contributed by atoms with Crippen LogP contribution in [0.25, 0.3) is 0 Å². The number of nitrogens with one attached hydrogen (secondary N) is 1. The van der Waals surface area contributed by atoms with Gasteiger partial charge in [-0.15, -0.1) is 0 Å². The number of carbonyl (C=O) groups is 1. The lowest BCUT2D eigenvalue weighted by atomic mass is 9.78. The number of rotatable bonds is 8. The fourth-order valence-corrected chi connectivity index (χ4v) is 3.23. The molecule has 1 amide bonds. The molecule has 0 aliphatic heterocycles. The minimum atomic E-state index is -0.366. The number of hydrogen-bond acceptors (Lipinski definition) is 3. The van der Waals surface area contributed by atoms with Gasteiger partial charge in [0.1, 0.15) is 0 Å². The lowest BCUT2D eigenvalue weighted by Crippen LogP contribution is -2.48. The van der Waals surface area contributed by atoms with Crippen LogP contribution in [0.5, 0.6) is 0 Å². The third kappa shape index (κ3) is 4.18. The standard InChI is InChI=1S/C15H30N2O2/c1-4-8-15(11-16,9-5-2)14(18)17-12-6-7-13(10-12)19-3/h12-13H,4-11,16H2,1-3H3,(H,17,18). The predicted octanol–water partition coefficient (Wildman–Crippen LogP) is 2.22. The Morgan fingerprint density at radius 3 is 2.37 bits per heavy atom. The number of hydrogen-bond donors (Lipinski definition) is 2. The van der Waals surface area contributed by atoms with Crippen molar-refractivity contribution in [1.82, 2.24) is 5.32 Å². The molecule has 3 N–H and O–H groups in total. The second kappa shape index (κ2) is 7.85. The van der Waals surface area contributed by atoms with E-state index in [1.807, 2.05) is 0 Å². The zero-order chi connectivity index (χ0) is 14.3. The second-order valence-electron chi connectivity index (χ2n) is 5.83. The lowest BCUT2D eigenvalue weighted by Gasteiger charge is -2.32. The quantitative estimate of drug-likeness (QED) is 0.711. The topological polar surface area (TPSA) is 64.4 Å². The molecule has 1 fully saturated rings. The molecule has 0 radical (unpaired) electrons. The number of carbonyl (C=O) groups excluding carboxylic acids is 1. The maximum atomic E-state index is 12.6. The molecule has 4 nitrogen and oxygen atoms in total. The van der Waals surface area contributed by atoms with E-state index in [1.54, 1.807) is 7.11 Å². The second-order valence-corrected chi connectivity index (χ2v) is 5.83. The van der Waals surface area contributed by atoms with Crippen molar-refractivity contribution in [3.8, 4) is 0 Å². The summed E-state index contributed by atoms with van der Waals surface area (Å²) in [4.78, 5) is 12.6. The molecule has 0 spiro atoms. The highest BCUT2D eigenvalue weighted by Crippen LogP contribution is 2.30. The fraction of sp³-hybridized carbons (Fsp3) is 0.933. The van der Waals surface area contributed by atoms with E-state index in [1.165, 1.54) is 0 Å². The van der Waals surface area contributed by atoms with E-state index in [0.717, 1.165) is 44.9 Å². The van der Waals surface area contributed by atoms with Gasteiger partial charge in [-0.2, -0.15) is 0 Å². The molecule has 0 bridgehead atoms. The molecule has 0 heterocycles. The van der Waals surface area contributed by atoms with Crippen molar-refractivity contribution in [3.05, 3.63) is 0 Å². The van der Waals surface area contributed by atoms with E-state index >= 15 is 0 Å². The van der Waals surface area contributed by atoms with Gasteiger partial charge in [0.2, 0.25) is 5.91 Å². The third-order valence-corrected chi connectivity index (χ3v) is 4.38. The van der Waals surface area contributed by atoms with Gasteiger partial charge in [0.25, 0.3) is 0 Å². The summed E-state index contributed by atoms with van der Waals surface area (Å²) in [6, 6.07) is 0.261. The average molecular weight is 270 g/mol. The average Bonchev–Trinajstić information content (AvgIpc) is 2.86. The fourth-order valence-electron chi connectivity index (χ4n) is 3.23. The third-order valence-electron chi connectivity index (χ3n) is 4.38. The summed E-state index contributed by atoms with van der Waals surface area (Å²) >= 11 is 0. The molecule has 0 aromatic rings. The summed E-state index contributed by atoms with van der Waals surface area (Å²) in [7, 11) is 1.74. The van der Waals surface area contributed by atoms with Gasteiger partial charge in [0.05, 0.1) is 11.5 Å². The van der Waals surface area contributed by atoms with Crippen LogP contribution in [0.4, 0.5) is 0 Å². The molecule has 1 rings (SSSR count). The first-order valence-electron chi connectivity index (χ1n) is 7.65. The zero-order valence-electron chi connectivity index (χ0n) is 12.7. The Kier molecular flexibility index (Phi) is 6.80. The van der Waals surface area contributed by atoms with Crippen LogP contribution in [0, 0.1) is 5.41 Å². The van der Waals surface area contributed by atoms with Crippen LogP contribution in [0.2, 0.25) is 0 Å². The highest BCUT2D eigenvalue weighted by Gasteiger charge is 2.37. The Morgan fingerprint density at radius 1 is 1.32 bits per heavy atom. The Bertz CT molecular complexity index is 275. The summed E-state index contributed by atoms with van der Waals surface area (Å²) in [6.45, 7) is 4.68. The zero-order valence-corrected chi connectivity index (χ0v) is 12.7. The van der Waals surface area contributed by atoms with E-state index in [9.17, 15) is 4.79 Å². The predicted molar refractivity (Wildman–Crippen MR) is 77.9 cm³/mol. The normalized spacial score (nSPS) is 23.6. The molecule has 2 atom stereocenters. The maximum Gasteiger partial charge on any atom is 0.227 e. The number of methoxy groups -OCH3 is 1. The molecule has 1 aliphatic rings. The highest BCUT2D eigenvalue weighted by molar-refractivity contribution is 5.83. The van der Waals surface area contributed by atoms with Crippen LogP contribution in [0.1, 0.15) is 58.8 Å². The van der Waals surface area contributed by atoms with Gasteiger partial charge in [-0.05, 0) is 32.1 Å². The van der Waals surface area contributed by atoms with Crippen molar-refractivity contribution in [2.75, 3.05) is 13.7 Å². The molecular weight excluding hydrogens is 240 g/mol. The van der Waals surface area contributed by atoms with Crippen molar-refractivity contribution in [2.24, 2.45) is 11.1 Å². The first-order chi connectivity index (χ1) is 9.11. The highest BCUT2D eigenvalue weighted by atomic mass is 16.5. The molecule has 112 valence electrons. The molecule has 0 saturated heterocycles. The number of nitrogens with two attached hydrogens (primary N) is 1. The van der Waals surface area contributed by atoms with E-state index in [2.05, 4.69) is 19.2 Å². The monoisotopic (exact) mass is 270 g/mol. The van der Waals surface area contributed by atoms with Gasteiger partial charge in [-0.3, -0.25) is 4.79 Å². The van der Waals surface area contributed by atoms with E-state index < -0.39 is 0 Å². The van der Waals surface area contributed by atoms with Crippen LogP contribution in [-0.4, -0.2) is 31.7 Å². The van der Waals surface area contributed by atoms with Gasteiger partial charge < -0.3 is 15.8 Å². The molecule has 19 heavy (non-hydrogen) atoms. The largest absolute Gasteiger partial charge is 0.381 e. The van der Waals surface area contributed by atoms with E-state index in [-0.39, 0.29) is 17.4 Å². The number of ether oxygens (including phenoxy) is 1. The molecule has 0 aromatic heterocycles. The molecular formula is C15H30N2O2. The summed E-state index contributed by atoms with van der Waals surface area (Å²) in [5.41, 5.74) is 5.56. The molecule has 0 aromatic carbocycles. The molecule has 1 saturated carbocycles. The van der Waals surface area contributed by atoms with Crippen LogP contribution in [0.3, 0.4) is 0 Å². The van der Waals surface area contributed by atoms with Crippen molar-refractivity contribution >= 4 is 5.91 Å². The minimum Gasteiger partial charge on any atom is -0.381 e. The van der Waals surface area contributed by atoms with Crippen LogP contribution in [0.15, 0.2) is 0 Å². The van der Waals surface area contributed by atoms with Crippen LogP contribution >= 0.6 is 0 Å².